The molecule has 0 bridgehead atoms. The van der Waals surface area contributed by atoms with Crippen molar-refractivity contribution >= 4 is 5.97 Å². The first kappa shape index (κ1) is 14.8. The zero-order valence-corrected chi connectivity index (χ0v) is 12.6. The van der Waals surface area contributed by atoms with Crippen molar-refractivity contribution < 1.29 is 19.2 Å². The van der Waals surface area contributed by atoms with Crippen LogP contribution in [0.2, 0.25) is 0 Å². The van der Waals surface area contributed by atoms with Crippen LogP contribution in [0.3, 0.4) is 0 Å². The van der Waals surface area contributed by atoms with Gasteiger partial charge in [-0.2, -0.15) is 0 Å². The Bertz CT molecular complexity index is 839. The standard InChI is InChI=1S/C15H14N4O4/c1-9-10(14(18-23-9)11-5-3-4-6-16-11)8-22-13-7-12(15(20)21)19(2)17-13/h3-7H,8H2,1-2H3,(H,20,21). The Hall–Kier alpha value is -3.16. The predicted molar refractivity (Wildman–Crippen MR) is 79.0 cm³/mol. The van der Waals surface area contributed by atoms with Crippen LogP contribution in [0.15, 0.2) is 35.0 Å². The Kier molecular flexibility index (Phi) is 3.80. The van der Waals surface area contributed by atoms with Gasteiger partial charge in [-0.25, -0.2) is 4.79 Å². The number of pyridine rings is 1. The van der Waals surface area contributed by atoms with E-state index in [2.05, 4.69) is 15.2 Å². The third kappa shape index (κ3) is 2.91. The van der Waals surface area contributed by atoms with E-state index in [9.17, 15) is 4.79 Å². The van der Waals surface area contributed by atoms with Gasteiger partial charge in [0.05, 0.1) is 11.3 Å². The van der Waals surface area contributed by atoms with Crippen LogP contribution >= 0.6 is 0 Å². The normalized spacial score (nSPS) is 10.7. The third-order valence-corrected chi connectivity index (χ3v) is 3.33. The number of carboxylic acids is 1. The summed E-state index contributed by atoms with van der Waals surface area (Å²) in [4.78, 5) is 15.3. The fraction of sp³-hybridized carbons (Fsp3) is 0.200. The summed E-state index contributed by atoms with van der Waals surface area (Å²) in [6, 6.07) is 6.86. The molecular formula is C15H14N4O4. The molecule has 3 rings (SSSR count). The van der Waals surface area contributed by atoms with E-state index >= 15 is 0 Å². The Balaban J connectivity index is 1.83. The third-order valence-electron chi connectivity index (χ3n) is 3.33. The van der Waals surface area contributed by atoms with Crippen molar-refractivity contribution in [2.75, 3.05) is 0 Å². The topological polar surface area (TPSA) is 103 Å². The number of aromatic nitrogens is 4. The molecule has 3 heterocycles. The number of rotatable bonds is 5. The monoisotopic (exact) mass is 314 g/mol. The van der Waals surface area contributed by atoms with E-state index in [-0.39, 0.29) is 18.2 Å². The molecule has 0 fully saturated rings. The molecule has 0 aliphatic rings. The van der Waals surface area contributed by atoms with E-state index < -0.39 is 5.97 Å². The number of hydrogen-bond donors (Lipinski definition) is 1. The summed E-state index contributed by atoms with van der Waals surface area (Å²) < 4.78 is 12.0. The molecule has 3 aromatic rings. The fourth-order valence-corrected chi connectivity index (χ4v) is 2.12. The van der Waals surface area contributed by atoms with Gasteiger partial charge in [-0.05, 0) is 19.1 Å². The molecule has 0 unspecified atom stereocenters. The summed E-state index contributed by atoms with van der Waals surface area (Å²) in [5.74, 6) is -0.234. The molecule has 118 valence electrons. The Morgan fingerprint density at radius 2 is 2.26 bits per heavy atom. The van der Waals surface area contributed by atoms with Crippen molar-refractivity contribution in [1.29, 1.82) is 0 Å². The maximum Gasteiger partial charge on any atom is 0.354 e. The Morgan fingerprint density at radius 1 is 1.43 bits per heavy atom. The molecule has 0 aromatic carbocycles. The first-order chi connectivity index (χ1) is 11.1. The predicted octanol–water partition coefficient (Wildman–Crippen LogP) is 2.06. The Morgan fingerprint density at radius 3 is 2.91 bits per heavy atom. The zero-order valence-electron chi connectivity index (χ0n) is 12.6. The summed E-state index contributed by atoms with van der Waals surface area (Å²) in [6.07, 6.45) is 1.67. The first-order valence-corrected chi connectivity index (χ1v) is 6.83. The number of carboxylic acid groups (broad SMARTS) is 1. The lowest BCUT2D eigenvalue weighted by atomic mass is 10.1. The minimum atomic E-state index is -1.06. The van der Waals surface area contributed by atoms with E-state index in [0.717, 1.165) is 5.56 Å². The zero-order chi connectivity index (χ0) is 16.4. The first-order valence-electron chi connectivity index (χ1n) is 6.83. The summed E-state index contributed by atoms with van der Waals surface area (Å²) in [5, 5.41) is 17.0. The van der Waals surface area contributed by atoms with Crippen molar-refractivity contribution in [3.8, 4) is 17.3 Å². The minimum absolute atomic E-state index is 0.0481. The van der Waals surface area contributed by atoms with Gasteiger partial charge in [0.2, 0.25) is 5.88 Å². The van der Waals surface area contributed by atoms with Gasteiger partial charge in [-0.15, -0.1) is 5.10 Å². The fourth-order valence-electron chi connectivity index (χ4n) is 2.12. The van der Waals surface area contributed by atoms with E-state index in [1.54, 1.807) is 20.2 Å². The number of nitrogens with zero attached hydrogens (tertiary/aromatic N) is 4. The van der Waals surface area contributed by atoms with Gasteiger partial charge in [0.15, 0.2) is 0 Å². The van der Waals surface area contributed by atoms with Crippen LogP contribution in [0.5, 0.6) is 5.88 Å². The maximum absolute atomic E-state index is 11.0. The van der Waals surface area contributed by atoms with E-state index in [0.29, 0.717) is 17.1 Å². The molecular weight excluding hydrogens is 300 g/mol. The van der Waals surface area contributed by atoms with Crippen molar-refractivity contribution in [3.63, 3.8) is 0 Å². The number of aromatic carboxylic acids is 1. The van der Waals surface area contributed by atoms with Crippen LogP contribution in [0.4, 0.5) is 0 Å². The van der Waals surface area contributed by atoms with Crippen molar-refractivity contribution in [2.45, 2.75) is 13.5 Å². The lowest BCUT2D eigenvalue weighted by Gasteiger charge is -2.03. The molecule has 0 amide bonds. The average Bonchev–Trinajstić information content (AvgIpc) is 3.09. The van der Waals surface area contributed by atoms with Crippen LogP contribution in [-0.2, 0) is 13.7 Å². The lowest BCUT2D eigenvalue weighted by Crippen LogP contribution is -2.04. The molecule has 1 N–H and O–H groups in total. The molecule has 0 saturated carbocycles. The second-order valence-corrected chi connectivity index (χ2v) is 4.87. The number of carbonyl (C=O) groups is 1. The van der Waals surface area contributed by atoms with Gasteiger partial charge in [-0.1, -0.05) is 11.2 Å². The minimum Gasteiger partial charge on any atom is -0.477 e. The van der Waals surface area contributed by atoms with Crippen LogP contribution in [0, 0.1) is 6.92 Å². The quantitative estimate of drug-likeness (QED) is 0.768. The Labute approximate surface area is 131 Å². The van der Waals surface area contributed by atoms with Crippen molar-refractivity contribution in [3.05, 3.63) is 47.5 Å². The molecule has 0 radical (unpaired) electrons. The van der Waals surface area contributed by atoms with Crippen molar-refractivity contribution in [2.24, 2.45) is 7.05 Å². The molecule has 3 aromatic heterocycles. The molecule has 0 aliphatic carbocycles. The molecule has 23 heavy (non-hydrogen) atoms. The molecule has 0 atom stereocenters. The molecule has 0 spiro atoms. The maximum atomic E-state index is 11.0. The second-order valence-electron chi connectivity index (χ2n) is 4.87. The SMILES string of the molecule is Cc1onc(-c2ccccn2)c1COc1cc(C(=O)O)n(C)n1. The second kappa shape index (κ2) is 5.91. The van der Waals surface area contributed by atoms with Crippen LogP contribution in [0.1, 0.15) is 21.8 Å². The number of ether oxygens (including phenoxy) is 1. The highest BCUT2D eigenvalue weighted by molar-refractivity contribution is 5.85. The van der Waals surface area contributed by atoms with Crippen LogP contribution in [0.25, 0.3) is 11.4 Å². The highest BCUT2D eigenvalue weighted by Gasteiger charge is 2.18. The van der Waals surface area contributed by atoms with Gasteiger partial charge >= 0.3 is 5.97 Å². The summed E-state index contributed by atoms with van der Waals surface area (Å²) in [5.41, 5.74) is 2.06. The van der Waals surface area contributed by atoms with Gasteiger partial charge in [0, 0.05) is 19.3 Å². The highest BCUT2D eigenvalue weighted by Crippen LogP contribution is 2.24. The van der Waals surface area contributed by atoms with Gasteiger partial charge in [0.25, 0.3) is 0 Å². The van der Waals surface area contributed by atoms with E-state index in [1.165, 1.54) is 10.7 Å². The van der Waals surface area contributed by atoms with Gasteiger partial charge < -0.3 is 14.4 Å². The largest absolute Gasteiger partial charge is 0.477 e. The summed E-state index contributed by atoms with van der Waals surface area (Å²) in [6.45, 7) is 1.93. The van der Waals surface area contributed by atoms with E-state index in [4.69, 9.17) is 14.4 Å². The lowest BCUT2D eigenvalue weighted by molar-refractivity contribution is 0.0685. The number of hydrogen-bond acceptors (Lipinski definition) is 6. The smallest absolute Gasteiger partial charge is 0.354 e. The molecule has 0 aliphatic heterocycles. The van der Waals surface area contributed by atoms with Crippen LogP contribution < -0.4 is 4.74 Å². The molecule has 8 nitrogen and oxygen atoms in total. The highest BCUT2D eigenvalue weighted by atomic mass is 16.5. The van der Waals surface area contributed by atoms with E-state index in [1.807, 2.05) is 18.2 Å². The summed E-state index contributed by atoms with van der Waals surface area (Å²) >= 11 is 0. The number of aryl methyl sites for hydroxylation is 2. The van der Waals surface area contributed by atoms with Crippen LogP contribution in [-0.4, -0.2) is 31.0 Å². The molecule has 0 saturated heterocycles. The average molecular weight is 314 g/mol. The van der Waals surface area contributed by atoms with Gasteiger partial charge in [0.1, 0.15) is 23.8 Å². The molecule has 8 heteroatoms. The van der Waals surface area contributed by atoms with Crippen molar-refractivity contribution in [1.82, 2.24) is 19.9 Å². The summed E-state index contributed by atoms with van der Waals surface area (Å²) in [7, 11) is 1.54. The van der Waals surface area contributed by atoms with Gasteiger partial charge in [-0.3, -0.25) is 9.67 Å².